The summed E-state index contributed by atoms with van der Waals surface area (Å²) in [5.74, 6) is 0. The van der Waals surface area contributed by atoms with Gasteiger partial charge in [-0.2, -0.15) is 0 Å². The van der Waals surface area contributed by atoms with Crippen LogP contribution in [0.1, 0.15) is 51.9 Å². The first-order valence-electron chi connectivity index (χ1n) is 8.55. The first-order chi connectivity index (χ1) is 10.2. The van der Waals surface area contributed by atoms with Crippen LogP contribution in [0.15, 0.2) is 0 Å². The second kappa shape index (κ2) is 5.13. The number of ether oxygens (including phenoxy) is 2. The molecule has 2 heterocycles. The lowest BCUT2D eigenvalue weighted by Gasteiger charge is -2.60. The molecule has 5 heteroatoms. The zero-order valence-corrected chi connectivity index (χ0v) is 12.8. The van der Waals surface area contributed by atoms with Gasteiger partial charge in [0, 0.05) is 18.1 Å². The summed E-state index contributed by atoms with van der Waals surface area (Å²) in [6.07, 6.45) is 8.84. The summed E-state index contributed by atoms with van der Waals surface area (Å²) in [7, 11) is 0. The van der Waals surface area contributed by atoms with Gasteiger partial charge in [-0.15, -0.1) is 0 Å². The lowest BCUT2D eigenvalue weighted by molar-refractivity contribution is -0.169. The molecule has 5 nitrogen and oxygen atoms in total. The number of carbonyl (C=O) groups excluding carboxylic acids is 1. The molecule has 21 heavy (non-hydrogen) atoms. The average Bonchev–Trinajstić information content (AvgIpc) is 2.97. The van der Waals surface area contributed by atoms with E-state index in [-0.39, 0.29) is 23.6 Å². The van der Waals surface area contributed by atoms with Crippen LogP contribution in [0.5, 0.6) is 0 Å². The van der Waals surface area contributed by atoms with Crippen molar-refractivity contribution in [3.63, 3.8) is 0 Å². The van der Waals surface area contributed by atoms with Crippen LogP contribution in [0.3, 0.4) is 0 Å². The highest BCUT2D eigenvalue weighted by molar-refractivity contribution is 5.75. The molecule has 4 fully saturated rings. The molecule has 4 rings (SSSR count). The van der Waals surface area contributed by atoms with Gasteiger partial charge in [0.05, 0.1) is 24.4 Å². The fourth-order valence-corrected chi connectivity index (χ4v) is 4.80. The maximum atomic E-state index is 12.3. The Morgan fingerprint density at radius 3 is 2.71 bits per heavy atom. The van der Waals surface area contributed by atoms with Gasteiger partial charge in [0.2, 0.25) is 0 Å². The first-order valence-corrected chi connectivity index (χ1v) is 8.55. The summed E-state index contributed by atoms with van der Waals surface area (Å²) < 4.78 is 11.6. The highest BCUT2D eigenvalue weighted by Crippen LogP contribution is 2.57. The van der Waals surface area contributed by atoms with Crippen LogP contribution in [0.4, 0.5) is 4.79 Å². The highest BCUT2D eigenvalue weighted by atomic mass is 16.5. The highest BCUT2D eigenvalue weighted by Gasteiger charge is 2.59. The molecule has 1 spiro atoms. The molecule has 2 bridgehead atoms. The van der Waals surface area contributed by atoms with Crippen molar-refractivity contribution in [2.45, 2.75) is 82.3 Å². The molecule has 118 valence electrons. The van der Waals surface area contributed by atoms with Crippen molar-refractivity contribution in [2.75, 3.05) is 6.61 Å². The summed E-state index contributed by atoms with van der Waals surface area (Å²) in [6, 6.07) is 0.494. The van der Waals surface area contributed by atoms with E-state index in [1.54, 1.807) is 0 Å². The number of fused-ring (bicyclic) bond motifs is 2. The van der Waals surface area contributed by atoms with Gasteiger partial charge in [-0.3, -0.25) is 0 Å². The number of hydrogen-bond donors (Lipinski definition) is 2. The normalized spacial score (nSPS) is 42.4. The molecule has 2 N–H and O–H groups in total. The van der Waals surface area contributed by atoms with E-state index < -0.39 is 0 Å². The summed E-state index contributed by atoms with van der Waals surface area (Å²) in [4.78, 5) is 12.3. The quantitative estimate of drug-likeness (QED) is 0.833. The van der Waals surface area contributed by atoms with Crippen molar-refractivity contribution in [1.29, 1.82) is 0 Å². The Morgan fingerprint density at radius 1 is 1.29 bits per heavy atom. The van der Waals surface area contributed by atoms with E-state index in [4.69, 9.17) is 9.47 Å². The lowest BCUT2D eigenvalue weighted by atomic mass is 9.51. The van der Waals surface area contributed by atoms with Crippen LogP contribution in [0.2, 0.25) is 0 Å². The molecule has 2 saturated heterocycles. The third-order valence-corrected chi connectivity index (χ3v) is 6.17. The maximum absolute atomic E-state index is 12.3. The SMILES string of the molecule is CCO[C@@H]1C[C@H](NC(=O)N[C@@H]2C[C@H]3CC[C@H]2O3)C12CCC2. The molecule has 0 unspecified atom stereocenters. The topological polar surface area (TPSA) is 59.6 Å². The standard InChI is InChI=1S/C16H26N2O3/c1-2-20-14-9-13(16(14)6-3-7-16)18-15(19)17-11-8-10-4-5-12(11)21-10/h10-14H,2-9H2,1H3,(H2,17,18,19)/t10-,11-,12-,13+,14-/m1/s1. The van der Waals surface area contributed by atoms with Gasteiger partial charge in [-0.25, -0.2) is 4.79 Å². The van der Waals surface area contributed by atoms with Gasteiger partial charge in [0.15, 0.2) is 0 Å². The second-order valence-corrected chi connectivity index (χ2v) is 7.15. The Kier molecular flexibility index (Phi) is 3.38. The Bertz CT molecular complexity index is 424. The summed E-state index contributed by atoms with van der Waals surface area (Å²) >= 11 is 0. The lowest BCUT2D eigenvalue weighted by Crippen LogP contribution is -2.68. The molecule has 2 amide bonds. The summed E-state index contributed by atoms with van der Waals surface area (Å²) in [6.45, 7) is 2.82. The fourth-order valence-electron chi connectivity index (χ4n) is 4.80. The van der Waals surface area contributed by atoms with Gasteiger partial charge < -0.3 is 20.1 Å². The Balaban J connectivity index is 1.29. The van der Waals surface area contributed by atoms with E-state index in [0.717, 1.165) is 32.3 Å². The molecule has 4 aliphatic rings. The van der Waals surface area contributed by atoms with Crippen LogP contribution in [-0.4, -0.2) is 43.0 Å². The molecular weight excluding hydrogens is 268 g/mol. The van der Waals surface area contributed by atoms with Crippen molar-refractivity contribution >= 4 is 6.03 Å². The number of nitrogens with one attached hydrogen (secondary N) is 2. The van der Waals surface area contributed by atoms with Gasteiger partial charge >= 0.3 is 6.03 Å². The molecule has 2 aliphatic heterocycles. The minimum atomic E-state index is -0.0117. The number of carbonyl (C=O) groups is 1. The van der Waals surface area contributed by atoms with Crippen LogP contribution < -0.4 is 10.6 Å². The van der Waals surface area contributed by atoms with Gasteiger partial charge in [-0.05, 0) is 45.4 Å². The monoisotopic (exact) mass is 294 g/mol. The Labute approximate surface area is 126 Å². The average molecular weight is 294 g/mol. The van der Waals surface area contributed by atoms with Crippen molar-refractivity contribution < 1.29 is 14.3 Å². The predicted molar refractivity (Wildman–Crippen MR) is 78.1 cm³/mol. The fraction of sp³-hybridized carbons (Fsp3) is 0.938. The van der Waals surface area contributed by atoms with Crippen molar-refractivity contribution in [3.8, 4) is 0 Å². The van der Waals surface area contributed by atoms with E-state index in [1.165, 1.54) is 19.3 Å². The van der Waals surface area contributed by atoms with Crippen LogP contribution >= 0.6 is 0 Å². The summed E-state index contributed by atoms with van der Waals surface area (Å²) in [5.41, 5.74) is 0.235. The number of hydrogen-bond acceptors (Lipinski definition) is 3. The van der Waals surface area contributed by atoms with Gasteiger partial charge in [0.1, 0.15) is 0 Å². The Hall–Kier alpha value is -0.810. The first kappa shape index (κ1) is 13.8. The molecule has 5 atom stereocenters. The minimum Gasteiger partial charge on any atom is -0.378 e. The molecule has 2 saturated carbocycles. The number of urea groups is 1. The van der Waals surface area contributed by atoms with Crippen LogP contribution in [-0.2, 0) is 9.47 Å². The summed E-state index contributed by atoms with van der Waals surface area (Å²) in [5, 5.41) is 6.32. The van der Waals surface area contributed by atoms with Crippen LogP contribution in [0.25, 0.3) is 0 Å². The zero-order chi connectivity index (χ0) is 14.4. The molecule has 0 aromatic heterocycles. The van der Waals surface area contributed by atoms with E-state index in [1.807, 2.05) is 0 Å². The van der Waals surface area contributed by atoms with E-state index >= 15 is 0 Å². The zero-order valence-electron chi connectivity index (χ0n) is 12.8. The van der Waals surface area contributed by atoms with Gasteiger partial charge in [-0.1, -0.05) is 6.42 Å². The number of rotatable bonds is 4. The van der Waals surface area contributed by atoms with E-state index in [0.29, 0.717) is 18.2 Å². The van der Waals surface area contributed by atoms with Crippen molar-refractivity contribution in [3.05, 3.63) is 0 Å². The minimum absolute atomic E-state index is 0.0117. The molecule has 2 aliphatic carbocycles. The number of amides is 2. The molecule has 0 aromatic carbocycles. The van der Waals surface area contributed by atoms with Crippen LogP contribution in [0, 0.1) is 5.41 Å². The molecule has 0 aromatic rings. The molecule has 0 radical (unpaired) electrons. The van der Waals surface area contributed by atoms with E-state index in [9.17, 15) is 4.79 Å². The smallest absolute Gasteiger partial charge is 0.315 e. The third-order valence-electron chi connectivity index (χ3n) is 6.17. The van der Waals surface area contributed by atoms with Crippen molar-refractivity contribution in [1.82, 2.24) is 10.6 Å². The predicted octanol–water partition coefficient (Wildman–Crippen LogP) is 1.95. The Morgan fingerprint density at radius 2 is 2.14 bits per heavy atom. The molecular formula is C16H26N2O3. The second-order valence-electron chi connectivity index (χ2n) is 7.15. The van der Waals surface area contributed by atoms with Gasteiger partial charge in [0.25, 0.3) is 0 Å². The van der Waals surface area contributed by atoms with Crippen molar-refractivity contribution in [2.24, 2.45) is 5.41 Å². The van der Waals surface area contributed by atoms with E-state index in [2.05, 4.69) is 17.6 Å². The third kappa shape index (κ3) is 2.16. The maximum Gasteiger partial charge on any atom is 0.315 e. The largest absolute Gasteiger partial charge is 0.378 e.